The molecular formula is C19H24N4O. The van der Waals surface area contributed by atoms with Gasteiger partial charge in [0.05, 0.1) is 5.52 Å². The molecule has 3 rings (SSSR count). The number of nitrogens with zero attached hydrogens (tertiary/aromatic N) is 2. The Hall–Kier alpha value is -2.40. The quantitative estimate of drug-likeness (QED) is 0.640. The van der Waals surface area contributed by atoms with Crippen LogP contribution in [0.15, 0.2) is 36.5 Å². The first-order valence-electron chi connectivity index (χ1n) is 8.37. The molecule has 24 heavy (non-hydrogen) atoms. The number of fused-ring (bicyclic) bond motifs is 1. The maximum absolute atomic E-state index is 5.08. The van der Waals surface area contributed by atoms with Crippen molar-refractivity contribution in [3.8, 4) is 11.4 Å². The first kappa shape index (κ1) is 16.5. The highest BCUT2D eigenvalue weighted by Gasteiger charge is 2.10. The number of rotatable bonds is 7. The van der Waals surface area contributed by atoms with Crippen LogP contribution in [0, 0.1) is 0 Å². The third-order valence-corrected chi connectivity index (χ3v) is 4.05. The summed E-state index contributed by atoms with van der Waals surface area (Å²) in [5.41, 5.74) is 4.27. The predicted octanol–water partition coefficient (Wildman–Crippen LogP) is 4.20. The number of ether oxygens (including phenoxy) is 1. The highest BCUT2D eigenvalue weighted by molar-refractivity contribution is 5.88. The molecule has 0 aliphatic rings. The van der Waals surface area contributed by atoms with Crippen LogP contribution in [0.2, 0.25) is 0 Å². The number of aromatic nitrogens is 3. The van der Waals surface area contributed by atoms with Gasteiger partial charge in [0.25, 0.3) is 0 Å². The molecule has 3 aromatic rings. The van der Waals surface area contributed by atoms with Crippen LogP contribution >= 0.6 is 0 Å². The summed E-state index contributed by atoms with van der Waals surface area (Å²) >= 11 is 0. The third-order valence-electron chi connectivity index (χ3n) is 4.05. The second kappa shape index (κ2) is 7.45. The molecule has 0 aliphatic heterocycles. The highest BCUT2D eigenvalue weighted by Crippen LogP contribution is 2.26. The Morgan fingerprint density at radius 2 is 2.12 bits per heavy atom. The first-order chi connectivity index (χ1) is 11.7. The summed E-state index contributed by atoms with van der Waals surface area (Å²) in [6.07, 6.45) is 2.73. The van der Waals surface area contributed by atoms with Gasteiger partial charge in [-0.25, -0.2) is 9.97 Å². The van der Waals surface area contributed by atoms with Gasteiger partial charge in [0.15, 0.2) is 5.82 Å². The van der Waals surface area contributed by atoms with Crippen molar-refractivity contribution >= 4 is 16.9 Å². The number of H-pyrrole nitrogens is 1. The molecule has 2 N–H and O–H groups in total. The molecule has 5 heteroatoms. The number of nitrogens with one attached hydrogen (secondary N) is 2. The van der Waals surface area contributed by atoms with Crippen molar-refractivity contribution in [1.82, 2.24) is 15.0 Å². The first-order valence-corrected chi connectivity index (χ1v) is 8.37. The Morgan fingerprint density at radius 3 is 2.92 bits per heavy atom. The van der Waals surface area contributed by atoms with Crippen LogP contribution in [0.1, 0.15) is 31.7 Å². The number of methoxy groups -OCH3 is 1. The number of benzene rings is 1. The van der Waals surface area contributed by atoms with Gasteiger partial charge in [-0.15, -0.1) is 0 Å². The van der Waals surface area contributed by atoms with Gasteiger partial charge in [0.2, 0.25) is 0 Å². The molecule has 126 valence electrons. The molecule has 0 saturated carbocycles. The fourth-order valence-electron chi connectivity index (χ4n) is 2.67. The van der Waals surface area contributed by atoms with Gasteiger partial charge in [-0.2, -0.15) is 0 Å². The molecule has 0 amide bonds. The van der Waals surface area contributed by atoms with Gasteiger partial charge >= 0.3 is 0 Å². The van der Waals surface area contributed by atoms with Crippen molar-refractivity contribution in [3.05, 3.63) is 42.1 Å². The van der Waals surface area contributed by atoms with Gasteiger partial charge in [-0.05, 0) is 30.0 Å². The van der Waals surface area contributed by atoms with Gasteiger partial charge in [-0.3, -0.25) is 0 Å². The lowest BCUT2D eigenvalue weighted by molar-refractivity contribution is 0.198. The van der Waals surface area contributed by atoms with Crippen LogP contribution in [0.4, 0.5) is 5.82 Å². The molecule has 0 aliphatic carbocycles. The number of hydrogen-bond donors (Lipinski definition) is 2. The zero-order chi connectivity index (χ0) is 16.9. The minimum absolute atomic E-state index is 0.494. The summed E-state index contributed by atoms with van der Waals surface area (Å²) in [6, 6.07) is 10.5. The lowest BCUT2D eigenvalue weighted by atomic mass is 10.0. The van der Waals surface area contributed by atoms with Crippen LogP contribution in [0.3, 0.4) is 0 Å². The number of anilines is 1. The van der Waals surface area contributed by atoms with E-state index in [0.717, 1.165) is 47.8 Å². The second-order valence-electron chi connectivity index (χ2n) is 6.19. The molecule has 0 spiro atoms. The largest absolute Gasteiger partial charge is 0.385 e. The van der Waals surface area contributed by atoms with E-state index in [1.54, 1.807) is 13.3 Å². The Balaban J connectivity index is 1.89. The minimum atomic E-state index is 0.494. The van der Waals surface area contributed by atoms with Crippen molar-refractivity contribution in [2.24, 2.45) is 0 Å². The molecule has 5 nitrogen and oxygen atoms in total. The van der Waals surface area contributed by atoms with Crippen LogP contribution in [0.5, 0.6) is 0 Å². The van der Waals surface area contributed by atoms with E-state index in [1.165, 1.54) is 5.56 Å². The molecule has 0 unspecified atom stereocenters. The Bertz CT molecular complexity index is 810. The topological polar surface area (TPSA) is 62.8 Å². The molecule has 0 saturated heterocycles. The maximum atomic E-state index is 5.08. The van der Waals surface area contributed by atoms with Gasteiger partial charge < -0.3 is 15.0 Å². The zero-order valence-corrected chi connectivity index (χ0v) is 14.5. The molecule has 2 heterocycles. The Kier molecular flexibility index (Phi) is 5.11. The van der Waals surface area contributed by atoms with Gasteiger partial charge in [0, 0.05) is 32.0 Å². The Morgan fingerprint density at radius 1 is 1.25 bits per heavy atom. The number of imidazole rings is 1. The lowest BCUT2D eigenvalue weighted by Gasteiger charge is -2.06. The standard InChI is InChI=1S/C19H24N4O/c1-13(2)14-6-4-7-15(12-14)18-22-16-8-10-21-19(17(16)23-18)20-9-5-11-24-3/h4,6-8,10,12-13H,5,9,11H2,1-3H3,(H,20,21)(H,22,23). The second-order valence-corrected chi connectivity index (χ2v) is 6.19. The normalized spacial score (nSPS) is 11.3. The summed E-state index contributed by atoms with van der Waals surface area (Å²) < 4.78 is 5.08. The zero-order valence-electron chi connectivity index (χ0n) is 14.5. The molecule has 0 radical (unpaired) electrons. The van der Waals surface area contributed by atoms with Crippen molar-refractivity contribution in [2.75, 3.05) is 25.6 Å². The average molecular weight is 324 g/mol. The SMILES string of the molecule is COCCCNc1nccc2[nH]c(-c3cccc(C(C)C)c3)nc12. The van der Waals surface area contributed by atoms with E-state index in [9.17, 15) is 0 Å². The van der Waals surface area contributed by atoms with Crippen molar-refractivity contribution < 1.29 is 4.74 Å². The smallest absolute Gasteiger partial charge is 0.154 e. The molecule has 0 atom stereocenters. The number of aromatic amines is 1. The van der Waals surface area contributed by atoms with E-state index >= 15 is 0 Å². The highest BCUT2D eigenvalue weighted by atomic mass is 16.5. The van der Waals surface area contributed by atoms with E-state index in [0.29, 0.717) is 5.92 Å². The van der Waals surface area contributed by atoms with E-state index in [2.05, 4.69) is 53.4 Å². The monoisotopic (exact) mass is 324 g/mol. The molecular weight excluding hydrogens is 300 g/mol. The Labute approximate surface area is 142 Å². The minimum Gasteiger partial charge on any atom is -0.385 e. The molecule has 0 bridgehead atoms. The number of hydrogen-bond acceptors (Lipinski definition) is 4. The van der Waals surface area contributed by atoms with E-state index in [4.69, 9.17) is 9.72 Å². The fraction of sp³-hybridized carbons (Fsp3) is 0.368. The van der Waals surface area contributed by atoms with Crippen LogP contribution in [0.25, 0.3) is 22.4 Å². The third kappa shape index (κ3) is 3.57. The lowest BCUT2D eigenvalue weighted by Crippen LogP contribution is -2.06. The summed E-state index contributed by atoms with van der Waals surface area (Å²) in [4.78, 5) is 12.6. The van der Waals surface area contributed by atoms with Crippen LogP contribution in [-0.4, -0.2) is 35.2 Å². The molecule has 0 fully saturated rings. The van der Waals surface area contributed by atoms with Gasteiger partial charge in [-0.1, -0.05) is 32.0 Å². The van der Waals surface area contributed by atoms with Crippen LogP contribution in [-0.2, 0) is 4.74 Å². The fourth-order valence-corrected chi connectivity index (χ4v) is 2.67. The van der Waals surface area contributed by atoms with Crippen molar-refractivity contribution in [3.63, 3.8) is 0 Å². The van der Waals surface area contributed by atoms with E-state index in [1.807, 2.05) is 6.07 Å². The summed E-state index contributed by atoms with van der Waals surface area (Å²) in [7, 11) is 1.71. The van der Waals surface area contributed by atoms with E-state index < -0.39 is 0 Å². The maximum Gasteiger partial charge on any atom is 0.154 e. The van der Waals surface area contributed by atoms with Gasteiger partial charge in [0.1, 0.15) is 11.3 Å². The van der Waals surface area contributed by atoms with Crippen molar-refractivity contribution in [1.29, 1.82) is 0 Å². The number of pyridine rings is 1. The molecule has 2 aromatic heterocycles. The van der Waals surface area contributed by atoms with Crippen LogP contribution < -0.4 is 5.32 Å². The van der Waals surface area contributed by atoms with Crippen molar-refractivity contribution in [2.45, 2.75) is 26.2 Å². The van der Waals surface area contributed by atoms with E-state index in [-0.39, 0.29) is 0 Å². The summed E-state index contributed by atoms with van der Waals surface area (Å²) in [5, 5.41) is 3.34. The summed E-state index contributed by atoms with van der Waals surface area (Å²) in [5.74, 6) is 2.18. The summed E-state index contributed by atoms with van der Waals surface area (Å²) in [6.45, 7) is 5.94. The average Bonchev–Trinajstić information content (AvgIpc) is 3.04. The molecule has 1 aromatic carbocycles. The predicted molar refractivity (Wildman–Crippen MR) is 98.4 cm³/mol.